The van der Waals surface area contributed by atoms with Crippen LogP contribution in [0.15, 0.2) is 0 Å². The average molecular weight is 408 g/mol. The zero-order chi connectivity index (χ0) is 20.2. The predicted molar refractivity (Wildman–Crippen MR) is 111 cm³/mol. The first-order valence-corrected chi connectivity index (χ1v) is 11.9. The van der Waals surface area contributed by atoms with E-state index in [2.05, 4.69) is 40.2 Å². The molecule has 0 aromatic rings. The van der Waals surface area contributed by atoms with Crippen LogP contribution in [0.1, 0.15) is 58.8 Å². The minimum atomic E-state index is -1.09. The molecule has 5 fully saturated rings. The third-order valence-electron chi connectivity index (χ3n) is 8.74. The third kappa shape index (κ3) is 3.42. The number of amides is 1. The van der Waals surface area contributed by atoms with E-state index >= 15 is 4.39 Å². The lowest BCUT2D eigenvalue weighted by Gasteiger charge is -2.44. The molecule has 1 amide bonds. The monoisotopic (exact) mass is 407 g/mol. The summed E-state index contributed by atoms with van der Waals surface area (Å²) in [7, 11) is 0. The lowest BCUT2D eigenvalue weighted by molar-refractivity contribution is -0.127. The number of fused-ring (bicyclic) bond motifs is 2. The molecule has 0 radical (unpaired) electrons. The van der Waals surface area contributed by atoms with Gasteiger partial charge in [0.15, 0.2) is 0 Å². The average Bonchev–Trinajstić information content (AvgIpc) is 3.17. The summed E-state index contributed by atoms with van der Waals surface area (Å²) in [6.45, 7) is 7.21. The van der Waals surface area contributed by atoms with Crippen molar-refractivity contribution < 1.29 is 9.18 Å². The van der Waals surface area contributed by atoms with Gasteiger partial charge < -0.3 is 10.6 Å². The summed E-state index contributed by atoms with van der Waals surface area (Å²) in [5.74, 6) is 1.46. The van der Waals surface area contributed by atoms with Gasteiger partial charge in [0.25, 0.3) is 0 Å². The maximum absolute atomic E-state index is 15.6. The summed E-state index contributed by atoms with van der Waals surface area (Å²) in [5.41, 5.74) is 2.40. The van der Waals surface area contributed by atoms with Gasteiger partial charge in [-0.15, -0.1) is 0 Å². The molecule has 0 spiro atoms. The molecule has 4 heterocycles. The van der Waals surface area contributed by atoms with E-state index in [1.165, 1.54) is 25.7 Å². The molecule has 4 aliphatic heterocycles. The molecular formula is C22H38FN5O. The maximum Gasteiger partial charge on any atom is 0.227 e. The fourth-order valence-electron chi connectivity index (χ4n) is 7.18. The Balaban J connectivity index is 1.39. The van der Waals surface area contributed by atoms with Gasteiger partial charge in [-0.05, 0) is 63.6 Å². The Labute approximate surface area is 174 Å². The second kappa shape index (κ2) is 7.43. The number of hydrogen-bond acceptors (Lipinski definition) is 5. The van der Waals surface area contributed by atoms with Gasteiger partial charge in [0.1, 0.15) is 5.67 Å². The fraction of sp³-hybridized carbons (Fsp3) is 0.955. The quantitative estimate of drug-likeness (QED) is 0.571. The predicted octanol–water partition coefficient (Wildman–Crippen LogP) is 1.53. The Hall–Kier alpha value is -0.760. The van der Waals surface area contributed by atoms with Gasteiger partial charge >= 0.3 is 0 Å². The van der Waals surface area contributed by atoms with E-state index in [0.717, 1.165) is 26.1 Å². The molecule has 6 unspecified atom stereocenters. The molecule has 6 nitrogen and oxygen atoms in total. The van der Waals surface area contributed by atoms with Gasteiger partial charge in [0, 0.05) is 30.0 Å². The largest absolute Gasteiger partial charge is 0.340 e. The van der Waals surface area contributed by atoms with Crippen LogP contribution in [0.25, 0.3) is 0 Å². The number of hydrazine groups is 1. The minimum absolute atomic E-state index is 0.0751. The molecule has 5 aliphatic rings. The van der Waals surface area contributed by atoms with Crippen LogP contribution in [0.4, 0.5) is 4.39 Å². The van der Waals surface area contributed by atoms with Crippen LogP contribution < -0.4 is 21.4 Å². The van der Waals surface area contributed by atoms with E-state index in [0.29, 0.717) is 43.3 Å². The second-order valence-electron chi connectivity index (χ2n) is 10.8. The van der Waals surface area contributed by atoms with Crippen LogP contribution in [-0.4, -0.2) is 61.0 Å². The topological polar surface area (TPSA) is 68.4 Å². The summed E-state index contributed by atoms with van der Waals surface area (Å²) in [4.78, 5) is 12.6. The molecule has 5 rings (SSSR count). The van der Waals surface area contributed by atoms with Crippen LogP contribution >= 0.6 is 0 Å². The van der Waals surface area contributed by atoms with Crippen molar-refractivity contribution in [1.82, 2.24) is 26.4 Å². The SMILES string of the molecule is CC1(C)C(=O)NC2NCCC(C3NN(CC4(F)CCNCC4)C4CCCCC34)C21. The molecule has 4 N–H and O–H groups in total. The molecular weight excluding hydrogens is 369 g/mol. The van der Waals surface area contributed by atoms with E-state index < -0.39 is 5.67 Å². The summed E-state index contributed by atoms with van der Waals surface area (Å²) in [6.07, 6.45) is 7.29. The fourth-order valence-corrected chi connectivity index (χ4v) is 7.18. The number of rotatable bonds is 3. The molecule has 1 aliphatic carbocycles. The van der Waals surface area contributed by atoms with Crippen molar-refractivity contribution in [3.8, 4) is 0 Å². The zero-order valence-electron chi connectivity index (χ0n) is 18.0. The van der Waals surface area contributed by atoms with Crippen molar-refractivity contribution in [3.05, 3.63) is 0 Å². The van der Waals surface area contributed by atoms with Crippen molar-refractivity contribution in [3.63, 3.8) is 0 Å². The number of halogens is 1. The van der Waals surface area contributed by atoms with Crippen LogP contribution in [0.3, 0.4) is 0 Å². The second-order valence-corrected chi connectivity index (χ2v) is 10.8. The van der Waals surface area contributed by atoms with Crippen LogP contribution in [0.2, 0.25) is 0 Å². The zero-order valence-corrected chi connectivity index (χ0v) is 18.0. The molecule has 4 saturated heterocycles. The third-order valence-corrected chi connectivity index (χ3v) is 8.74. The molecule has 6 atom stereocenters. The summed E-state index contributed by atoms with van der Waals surface area (Å²) < 4.78 is 15.6. The highest BCUT2D eigenvalue weighted by Gasteiger charge is 2.58. The van der Waals surface area contributed by atoms with Gasteiger partial charge in [-0.1, -0.05) is 26.7 Å². The highest BCUT2D eigenvalue weighted by molar-refractivity contribution is 5.85. The standard InChI is InChI=1S/C22H38FN5O/c1-21(2)17-15(7-10-25-19(17)26-20(21)29)18-14-5-3-4-6-16(14)28(27-18)13-22(23)8-11-24-12-9-22/h14-19,24-25,27H,3-13H2,1-2H3,(H,26,29). The Morgan fingerprint density at radius 3 is 2.62 bits per heavy atom. The van der Waals surface area contributed by atoms with E-state index in [1.807, 2.05) is 0 Å². The number of alkyl halides is 1. The van der Waals surface area contributed by atoms with Gasteiger partial charge in [-0.25, -0.2) is 9.40 Å². The Bertz CT molecular complexity index is 637. The first kappa shape index (κ1) is 20.2. The Morgan fingerprint density at radius 2 is 1.83 bits per heavy atom. The van der Waals surface area contributed by atoms with Gasteiger partial charge in [-0.2, -0.15) is 0 Å². The Kier molecular flexibility index (Phi) is 5.17. The van der Waals surface area contributed by atoms with Crippen LogP contribution in [0.5, 0.6) is 0 Å². The lowest BCUT2D eigenvalue weighted by atomic mass is 9.64. The van der Waals surface area contributed by atoms with E-state index in [4.69, 9.17) is 0 Å². The number of hydrogen-bond donors (Lipinski definition) is 4. The van der Waals surface area contributed by atoms with Crippen molar-refractivity contribution in [2.45, 2.75) is 82.7 Å². The molecule has 0 aromatic carbocycles. The molecule has 0 aromatic heterocycles. The van der Waals surface area contributed by atoms with Crippen molar-refractivity contribution in [2.75, 3.05) is 26.2 Å². The van der Waals surface area contributed by atoms with Gasteiger partial charge in [0.05, 0.1) is 6.17 Å². The highest BCUT2D eigenvalue weighted by Crippen LogP contribution is 2.49. The Morgan fingerprint density at radius 1 is 1.07 bits per heavy atom. The number of carbonyl (C=O) groups is 1. The highest BCUT2D eigenvalue weighted by atomic mass is 19.1. The first-order valence-electron chi connectivity index (χ1n) is 11.9. The summed E-state index contributed by atoms with van der Waals surface area (Å²) in [6, 6.07) is 0.796. The molecule has 7 heteroatoms. The van der Waals surface area contributed by atoms with Gasteiger partial charge in [0.2, 0.25) is 5.91 Å². The normalized spacial score (nSPS) is 44.2. The lowest BCUT2D eigenvalue weighted by Crippen LogP contribution is -2.57. The van der Waals surface area contributed by atoms with Crippen LogP contribution in [-0.2, 0) is 4.79 Å². The smallest absolute Gasteiger partial charge is 0.227 e. The molecule has 0 bridgehead atoms. The van der Waals surface area contributed by atoms with E-state index in [1.54, 1.807) is 0 Å². The van der Waals surface area contributed by atoms with Crippen molar-refractivity contribution in [2.24, 2.45) is 23.2 Å². The van der Waals surface area contributed by atoms with E-state index in [-0.39, 0.29) is 23.4 Å². The molecule has 164 valence electrons. The maximum atomic E-state index is 15.6. The number of piperidine rings is 2. The number of nitrogens with one attached hydrogen (secondary N) is 4. The summed E-state index contributed by atoms with van der Waals surface area (Å²) >= 11 is 0. The minimum Gasteiger partial charge on any atom is -0.340 e. The van der Waals surface area contributed by atoms with Crippen molar-refractivity contribution >= 4 is 5.91 Å². The first-order chi connectivity index (χ1) is 13.9. The van der Waals surface area contributed by atoms with Crippen molar-refractivity contribution in [1.29, 1.82) is 0 Å². The van der Waals surface area contributed by atoms with Gasteiger partial charge in [-0.3, -0.25) is 15.5 Å². The van der Waals surface area contributed by atoms with E-state index in [9.17, 15) is 4.79 Å². The summed E-state index contributed by atoms with van der Waals surface area (Å²) in [5, 5.41) is 12.3. The number of nitrogens with zero attached hydrogens (tertiary/aromatic N) is 1. The molecule has 29 heavy (non-hydrogen) atoms. The molecule has 1 saturated carbocycles. The number of carbonyl (C=O) groups excluding carboxylic acids is 1. The van der Waals surface area contributed by atoms with Crippen LogP contribution in [0, 0.1) is 23.2 Å².